The van der Waals surface area contributed by atoms with E-state index in [2.05, 4.69) is 0 Å². The van der Waals surface area contributed by atoms with Crippen molar-refractivity contribution in [2.45, 2.75) is 19.6 Å². The molecule has 1 aromatic rings. The fourth-order valence-corrected chi connectivity index (χ4v) is 2.02. The quantitative estimate of drug-likeness (QED) is 0.830. The van der Waals surface area contributed by atoms with E-state index in [1.165, 1.54) is 0 Å². The summed E-state index contributed by atoms with van der Waals surface area (Å²) in [6.45, 7) is 4.38. The van der Waals surface area contributed by atoms with Gasteiger partial charge >= 0.3 is 0 Å². The Labute approximate surface area is 101 Å². The van der Waals surface area contributed by atoms with E-state index < -0.39 is 0 Å². The summed E-state index contributed by atoms with van der Waals surface area (Å²) in [5.41, 5.74) is 7.27. The maximum atomic E-state index is 12.2. The van der Waals surface area contributed by atoms with Crippen molar-refractivity contribution >= 4 is 5.91 Å². The lowest BCUT2D eigenvalue weighted by Crippen LogP contribution is -2.44. The van der Waals surface area contributed by atoms with Gasteiger partial charge < -0.3 is 15.4 Å². The van der Waals surface area contributed by atoms with E-state index >= 15 is 0 Å². The molecule has 4 heteroatoms. The van der Waals surface area contributed by atoms with Crippen molar-refractivity contribution in [2.75, 3.05) is 19.7 Å². The van der Waals surface area contributed by atoms with Gasteiger partial charge in [-0.2, -0.15) is 0 Å². The van der Waals surface area contributed by atoms with Crippen molar-refractivity contribution in [3.8, 4) is 0 Å². The zero-order valence-electron chi connectivity index (χ0n) is 10.1. The van der Waals surface area contributed by atoms with Gasteiger partial charge in [-0.1, -0.05) is 12.1 Å². The number of rotatable bonds is 2. The molecular weight excluding hydrogens is 216 g/mol. The molecule has 92 valence electrons. The minimum atomic E-state index is 0.0652. The maximum Gasteiger partial charge on any atom is 0.254 e. The highest BCUT2D eigenvalue weighted by Crippen LogP contribution is 2.12. The van der Waals surface area contributed by atoms with Gasteiger partial charge in [0.25, 0.3) is 5.91 Å². The fraction of sp³-hybridized carbons (Fsp3) is 0.462. The van der Waals surface area contributed by atoms with E-state index in [-0.39, 0.29) is 12.0 Å². The van der Waals surface area contributed by atoms with Crippen LogP contribution in [-0.2, 0) is 11.3 Å². The van der Waals surface area contributed by atoms with E-state index in [9.17, 15) is 4.79 Å². The lowest BCUT2D eigenvalue weighted by atomic mass is 10.1. The summed E-state index contributed by atoms with van der Waals surface area (Å²) in [5.74, 6) is 0.0652. The van der Waals surface area contributed by atoms with Crippen molar-refractivity contribution < 1.29 is 9.53 Å². The third-order valence-electron chi connectivity index (χ3n) is 2.94. The van der Waals surface area contributed by atoms with Crippen LogP contribution >= 0.6 is 0 Å². The standard InChI is InChI=1S/C13H18N2O2/c1-10-9-15(5-6-17-10)13(16)12-4-2-3-11(7-12)8-14/h2-4,7,10H,5-6,8-9,14H2,1H3/t10-/m1/s1. The Morgan fingerprint density at radius 2 is 2.41 bits per heavy atom. The Bertz CT molecular complexity index is 406. The monoisotopic (exact) mass is 234 g/mol. The largest absolute Gasteiger partial charge is 0.375 e. The molecule has 4 nitrogen and oxygen atoms in total. The highest BCUT2D eigenvalue weighted by molar-refractivity contribution is 5.94. The number of hydrogen-bond donors (Lipinski definition) is 1. The van der Waals surface area contributed by atoms with Crippen LogP contribution in [0.1, 0.15) is 22.8 Å². The van der Waals surface area contributed by atoms with Gasteiger partial charge in [0.15, 0.2) is 0 Å². The maximum absolute atomic E-state index is 12.2. The third kappa shape index (κ3) is 2.84. The van der Waals surface area contributed by atoms with Crippen LogP contribution in [0.25, 0.3) is 0 Å². The van der Waals surface area contributed by atoms with Crippen LogP contribution in [0.15, 0.2) is 24.3 Å². The Morgan fingerprint density at radius 3 is 3.12 bits per heavy atom. The van der Waals surface area contributed by atoms with Crippen molar-refractivity contribution in [2.24, 2.45) is 5.73 Å². The molecule has 2 rings (SSSR count). The topological polar surface area (TPSA) is 55.6 Å². The van der Waals surface area contributed by atoms with Gasteiger partial charge in [-0.05, 0) is 24.6 Å². The van der Waals surface area contributed by atoms with Gasteiger partial charge in [0.1, 0.15) is 0 Å². The van der Waals surface area contributed by atoms with Crippen LogP contribution < -0.4 is 5.73 Å². The molecule has 1 heterocycles. The van der Waals surface area contributed by atoms with E-state index in [0.717, 1.165) is 5.56 Å². The first-order valence-corrected chi connectivity index (χ1v) is 5.90. The van der Waals surface area contributed by atoms with Crippen molar-refractivity contribution in [1.82, 2.24) is 4.90 Å². The number of benzene rings is 1. The van der Waals surface area contributed by atoms with Crippen LogP contribution in [0.5, 0.6) is 0 Å². The second-order valence-corrected chi connectivity index (χ2v) is 4.34. The van der Waals surface area contributed by atoms with Crippen LogP contribution in [0.4, 0.5) is 0 Å². The number of nitrogens with zero attached hydrogens (tertiary/aromatic N) is 1. The molecule has 17 heavy (non-hydrogen) atoms. The number of nitrogens with two attached hydrogens (primary N) is 1. The highest BCUT2D eigenvalue weighted by Gasteiger charge is 2.22. The summed E-state index contributed by atoms with van der Waals surface area (Å²) in [7, 11) is 0. The molecule has 0 aromatic heterocycles. The number of carbonyl (C=O) groups excluding carboxylic acids is 1. The number of morpholine rings is 1. The minimum absolute atomic E-state index is 0.0652. The molecule has 0 aliphatic carbocycles. The molecule has 1 aliphatic rings. The molecular formula is C13H18N2O2. The molecule has 0 radical (unpaired) electrons. The lowest BCUT2D eigenvalue weighted by molar-refractivity contribution is -0.0124. The highest BCUT2D eigenvalue weighted by atomic mass is 16.5. The Morgan fingerprint density at radius 1 is 1.59 bits per heavy atom. The smallest absolute Gasteiger partial charge is 0.254 e. The fourth-order valence-electron chi connectivity index (χ4n) is 2.02. The zero-order chi connectivity index (χ0) is 12.3. The van der Waals surface area contributed by atoms with Gasteiger partial charge in [-0.25, -0.2) is 0 Å². The molecule has 1 fully saturated rings. The van der Waals surface area contributed by atoms with Gasteiger partial charge in [-0.15, -0.1) is 0 Å². The SMILES string of the molecule is C[C@@H]1CN(C(=O)c2cccc(CN)c2)CCO1. The second kappa shape index (κ2) is 5.29. The van der Waals surface area contributed by atoms with Gasteiger partial charge in [0.05, 0.1) is 12.7 Å². The van der Waals surface area contributed by atoms with Gasteiger partial charge in [0.2, 0.25) is 0 Å². The normalized spacial score (nSPS) is 20.4. The summed E-state index contributed by atoms with van der Waals surface area (Å²) in [6, 6.07) is 7.50. The first-order valence-electron chi connectivity index (χ1n) is 5.90. The van der Waals surface area contributed by atoms with Crippen molar-refractivity contribution in [1.29, 1.82) is 0 Å². The van der Waals surface area contributed by atoms with Gasteiger partial charge in [-0.3, -0.25) is 4.79 Å². The predicted molar refractivity (Wildman–Crippen MR) is 65.7 cm³/mol. The minimum Gasteiger partial charge on any atom is -0.375 e. The molecule has 0 saturated carbocycles. The Kier molecular flexibility index (Phi) is 3.76. The number of hydrogen-bond acceptors (Lipinski definition) is 3. The van der Waals surface area contributed by atoms with E-state index in [0.29, 0.717) is 31.8 Å². The average molecular weight is 234 g/mol. The average Bonchev–Trinajstić information content (AvgIpc) is 2.38. The molecule has 1 atom stereocenters. The second-order valence-electron chi connectivity index (χ2n) is 4.34. The summed E-state index contributed by atoms with van der Waals surface area (Å²) in [4.78, 5) is 14.1. The molecule has 0 bridgehead atoms. The number of amides is 1. The molecule has 0 unspecified atom stereocenters. The predicted octanol–water partition coefficient (Wildman–Crippen LogP) is 1.01. The van der Waals surface area contributed by atoms with Crippen LogP contribution in [-0.4, -0.2) is 36.6 Å². The Hall–Kier alpha value is -1.39. The Balaban J connectivity index is 2.12. The van der Waals surface area contributed by atoms with Crippen LogP contribution in [0, 0.1) is 0 Å². The molecule has 1 amide bonds. The summed E-state index contributed by atoms with van der Waals surface area (Å²) in [5, 5.41) is 0. The summed E-state index contributed by atoms with van der Waals surface area (Å²) >= 11 is 0. The third-order valence-corrected chi connectivity index (χ3v) is 2.94. The zero-order valence-corrected chi connectivity index (χ0v) is 10.1. The van der Waals surface area contributed by atoms with Crippen LogP contribution in [0.3, 0.4) is 0 Å². The molecule has 2 N–H and O–H groups in total. The number of carbonyl (C=O) groups is 1. The molecule has 1 aliphatic heterocycles. The van der Waals surface area contributed by atoms with E-state index in [1.54, 1.807) is 0 Å². The lowest BCUT2D eigenvalue weighted by Gasteiger charge is -2.31. The van der Waals surface area contributed by atoms with E-state index in [4.69, 9.17) is 10.5 Å². The van der Waals surface area contributed by atoms with Gasteiger partial charge in [0, 0.05) is 25.2 Å². The molecule has 1 aromatic carbocycles. The summed E-state index contributed by atoms with van der Waals surface area (Å²) < 4.78 is 5.43. The van der Waals surface area contributed by atoms with Crippen molar-refractivity contribution in [3.05, 3.63) is 35.4 Å². The molecule has 0 spiro atoms. The summed E-state index contributed by atoms with van der Waals surface area (Å²) in [6.07, 6.45) is 0.116. The first-order chi connectivity index (χ1) is 8.20. The number of ether oxygens (including phenoxy) is 1. The van der Waals surface area contributed by atoms with E-state index in [1.807, 2.05) is 36.1 Å². The first kappa shape index (κ1) is 12.1. The van der Waals surface area contributed by atoms with Crippen molar-refractivity contribution in [3.63, 3.8) is 0 Å². The molecule has 1 saturated heterocycles. The van der Waals surface area contributed by atoms with Crippen LogP contribution in [0.2, 0.25) is 0 Å².